The Balaban J connectivity index is 1.52. The van der Waals surface area contributed by atoms with Crippen molar-refractivity contribution in [2.24, 2.45) is 0 Å². The van der Waals surface area contributed by atoms with E-state index in [2.05, 4.69) is 15.6 Å². The zero-order valence-corrected chi connectivity index (χ0v) is 14.8. The number of ether oxygens (including phenoxy) is 1. The molecule has 0 aromatic heterocycles. The van der Waals surface area contributed by atoms with Crippen molar-refractivity contribution in [1.82, 2.24) is 10.9 Å². The van der Waals surface area contributed by atoms with Gasteiger partial charge in [-0.05, 0) is 48.7 Å². The normalized spacial score (nSPS) is 13.5. The highest BCUT2D eigenvalue weighted by Gasteiger charge is 2.31. The maximum absolute atomic E-state index is 12.2. The number of fused-ring (bicyclic) bond motifs is 1. The summed E-state index contributed by atoms with van der Waals surface area (Å²) in [5.41, 5.74) is 6.82. The van der Waals surface area contributed by atoms with E-state index in [0.29, 0.717) is 0 Å². The van der Waals surface area contributed by atoms with E-state index in [9.17, 15) is 22.8 Å². The molecule has 28 heavy (non-hydrogen) atoms. The van der Waals surface area contributed by atoms with Gasteiger partial charge < -0.3 is 9.64 Å². The number of halogens is 3. The Morgan fingerprint density at radius 3 is 2.46 bits per heavy atom. The van der Waals surface area contributed by atoms with Crippen LogP contribution in [0.25, 0.3) is 0 Å². The number of benzene rings is 2. The highest BCUT2D eigenvalue weighted by atomic mass is 19.4. The summed E-state index contributed by atoms with van der Waals surface area (Å²) in [6.07, 6.45) is -2.91. The first kappa shape index (κ1) is 19.5. The maximum Gasteiger partial charge on any atom is 0.573 e. The van der Waals surface area contributed by atoms with Crippen LogP contribution in [0, 0.1) is 0 Å². The van der Waals surface area contributed by atoms with Gasteiger partial charge in [-0.25, -0.2) is 0 Å². The van der Waals surface area contributed by atoms with Crippen molar-refractivity contribution in [3.05, 3.63) is 59.7 Å². The minimum absolute atomic E-state index is 0.0790. The number of nitrogens with zero attached hydrogens (tertiary/aromatic N) is 1. The van der Waals surface area contributed by atoms with E-state index in [4.69, 9.17) is 0 Å². The van der Waals surface area contributed by atoms with Crippen LogP contribution in [0.5, 0.6) is 5.75 Å². The third-order valence-electron chi connectivity index (χ3n) is 4.21. The van der Waals surface area contributed by atoms with Gasteiger partial charge in [-0.1, -0.05) is 18.2 Å². The van der Waals surface area contributed by atoms with E-state index in [1.807, 2.05) is 29.2 Å². The fourth-order valence-electron chi connectivity index (χ4n) is 3.00. The third kappa shape index (κ3) is 5.15. The lowest BCUT2D eigenvalue weighted by molar-refractivity contribution is -0.274. The van der Waals surface area contributed by atoms with E-state index >= 15 is 0 Å². The van der Waals surface area contributed by atoms with E-state index in [-0.39, 0.29) is 12.1 Å². The van der Waals surface area contributed by atoms with E-state index in [1.165, 1.54) is 17.7 Å². The fraction of sp³-hybridized carbons (Fsp3) is 0.263. The average Bonchev–Trinajstić information content (AvgIpc) is 2.66. The first-order valence-corrected chi connectivity index (χ1v) is 8.60. The Bertz CT molecular complexity index is 853. The van der Waals surface area contributed by atoms with Gasteiger partial charge in [0, 0.05) is 17.8 Å². The van der Waals surface area contributed by atoms with E-state index in [0.717, 1.165) is 37.2 Å². The van der Waals surface area contributed by atoms with Gasteiger partial charge in [0.1, 0.15) is 5.75 Å². The van der Waals surface area contributed by atoms with Crippen molar-refractivity contribution in [2.45, 2.75) is 19.2 Å². The lowest BCUT2D eigenvalue weighted by Crippen LogP contribution is -2.47. The molecule has 2 aromatic carbocycles. The number of para-hydroxylation sites is 1. The molecule has 2 N–H and O–H groups in total. The number of rotatable bonds is 4. The molecule has 9 heteroatoms. The van der Waals surface area contributed by atoms with Gasteiger partial charge in [-0.15, -0.1) is 13.2 Å². The zero-order valence-electron chi connectivity index (χ0n) is 14.8. The molecule has 0 fully saturated rings. The second-order valence-electron chi connectivity index (χ2n) is 6.23. The van der Waals surface area contributed by atoms with Gasteiger partial charge >= 0.3 is 6.36 Å². The standard InChI is InChI=1S/C19H18F3N3O3/c20-19(21,22)28-15-9-7-14(8-10-15)18(27)24-23-17(26)12-25-11-3-5-13-4-1-2-6-16(13)25/h1-2,4,6-10H,3,5,11-12H2,(H,23,26)(H,24,27). The van der Waals surface area contributed by atoms with Crippen molar-refractivity contribution < 1.29 is 27.5 Å². The lowest BCUT2D eigenvalue weighted by atomic mass is 10.0. The molecule has 2 amide bonds. The molecular formula is C19H18F3N3O3. The molecular weight excluding hydrogens is 375 g/mol. The number of nitrogens with one attached hydrogen (secondary N) is 2. The number of alkyl halides is 3. The van der Waals surface area contributed by atoms with Crippen LogP contribution in [-0.2, 0) is 11.2 Å². The molecule has 0 atom stereocenters. The van der Waals surface area contributed by atoms with Crippen molar-refractivity contribution in [3.63, 3.8) is 0 Å². The highest BCUT2D eigenvalue weighted by Crippen LogP contribution is 2.26. The summed E-state index contributed by atoms with van der Waals surface area (Å²) >= 11 is 0. The number of hydrogen-bond acceptors (Lipinski definition) is 4. The third-order valence-corrected chi connectivity index (χ3v) is 4.21. The summed E-state index contributed by atoms with van der Waals surface area (Å²) in [6.45, 7) is 0.814. The first-order chi connectivity index (χ1) is 13.3. The molecule has 0 spiro atoms. The largest absolute Gasteiger partial charge is 0.573 e. The topological polar surface area (TPSA) is 70.7 Å². The summed E-state index contributed by atoms with van der Waals surface area (Å²) in [5.74, 6) is -1.48. The van der Waals surface area contributed by atoms with Crippen LogP contribution in [0.15, 0.2) is 48.5 Å². The maximum atomic E-state index is 12.2. The number of hydrazine groups is 1. The number of carbonyl (C=O) groups is 2. The molecule has 0 radical (unpaired) electrons. The van der Waals surface area contributed by atoms with Crippen LogP contribution in [0.4, 0.5) is 18.9 Å². The molecule has 0 saturated carbocycles. The molecule has 0 unspecified atom stereocenters. The molecule has 1 heterocycles. The van der Waals surface area contributed by atoms with Gasteiger partial charge in [-0.2, -0.15) is 0 Å². The molecule has 0 bridgehead atoms. The van der Waals surface area contributed by atoms with Gasteiger partial charge in [0.15, 0.2) is 0 Å². The van der Waals surface area contributed by atoms with Crippen LogP contribution in [-0.4, -0.2) is 31.3 Å². The summed E-state index contributed by atoms with van der Waals surface area (Å²) in [7, 11) is 0. The Labute approximate surface area is 159 Å². The Kier molecular flexibility index (Phi) is 5.72. The van der Waals surface area contributed by atoms with Crippen molar-refractivity contribution >= 4 is 17.5 Å². The number of hydrogen-bond donors (Lipinski definition) is 2. The second kappa shape index (κ2) is 8.20. The molecule has 1 aliphatic heterocycles. The SMILES string of the molecule is O=C(CN1CCCc2ccccc21)NNC(=O)c1ccc(OC(F)(F)F)cc1. The van der Waals surface area contributed by atoms with E-state index in [1.54, 1.807) is 0 Å². The predicted molar refractivity (Wildman–Crippen MR) is 95.7 cm³/mol. The van der Waals surface area contributed by atoms with Crippen LogP contribution >= 0.6 is 0 Å². The molecule has 148 valence electrons. The average molecular weight is 393 g/mol. The van der Waals surface area contributed by atoms with Gasteiger partial charge in [0.25, 0.3) is 11.8 Å². The number of anilines is 1. The summed E-state index contributed by atoms with van der Waals surface area (Å²) < 4.78 is 40.2. The molecule has 2 aromatic rings. The summed E-state index contributed by atoms with van der Waals surface area (Å²) in [6, 6.07) is 12.2. The van der Waals surface area contributed by atoms with Crippen LogP contribution in [0.1, 0.15) is 22.3 Å². The second-order valence-corrected chi connectivity index (χ2v) is 6.23. The fourth-order valence-corrected chi connectivity index (χ4v) is 3.00. The minimum atomic E-state index is -4.80. The summed E-state index contributed by atoms with van der Waals surface area (Å²) in [4.78, 5) is 26.1. The van der Waals surface area contributed by atoms with Crippen LogP contribution in [0.3, 0.4) is 0 Å². The quantitative estimate of drug-likeness (QED) is 0.784. The minimum Gasteiger partial charge on any atom is -0.406 e. The predicted octanol–water partition coefficient (Wildman–Crippen LogP) is 2.80. The number of amides is 2. The number of aryl methyl sites for hydroxylation is 1. The molecule has 3 rings (SSSR count). The molecule has 6 nitrogen and oxygen atoms in total. The zero-order chi connectivity index (χ0) is 20.1. The molecule has 1 aliphatic rings. The van der Waals surface area contributed by atoms with Crippen molar-refractivity contribution in [3.8, 4) is 5.75 Å². The lowest BCUT2D eigenvalue weighted by Gasteiger charge is -2.30. The summed E-state index contributed by atoms with van der Waals surface area (Å²) in [5, 5.41) is 0. The van der Waals surface area contributed by atoms with Gasteiger partial charge in [0.2, 0.25) is 0 Å². The monoisotopic (exact) mass is 393 g/mol. The van der Waals surface area contributed by atoms with Gasteiger partial charge in [-0.3, -0.25) is 20.4 Å². The highest BCUT2D eigenvalue weighted by molar-refractivity contribution is 5.95. The molecule has 0 aliphatic carbocycles. The van der Waals surface area contributed by atoms with Crippen LogP contribution in [0.2, 0.25) is 0 Å². The molecule has 0 saturated heterocycles. The van der Waals surface area contributed by atoms with Gasteiger partial charge in [0.05, 0.1) is 6.54 Å². The number of carbonyl (C=O) groups excluding carboxylic acids is 2. The van der Waals surface area contributed by atoms with Crippen molar-refractivity contribution in [1.29, 1.82) is 0 Å². The Morgan fingerprint density at radius 1 is 1.04 bits per heavy atom. The Morgan fingerprint density at radius 2 is 1.75 bits per heavy atom. The van der Waals surface area contributed by atoms with Crippen molar-refractivity contribution in [2.75, 3.05) is 18.0 Å². The van der Waals surface area contributed by atoms with Crippen LogP contribution < -0.4 is 20.5 Å². The Hall–Kier alpha value is -3.23. The van der Waals surface area contributed by atoms with E-state index < -0.39 is 23.9 Å². The smallest absolute Gasteiger partial charge is 0.406 e. The first-order valence-electron chi connectivity index (χ1n) is 8.60.